The maximum absolute atomic E-state index is 9.60. The maximum atomic E-state index is 9.60. The molecule has 96 valence electrons. The summed E-state index contributed by atoms with van der Waals surface area (Å²) < 4.78 is 0. The SMILES string of the molecule is CCCC(=O)O.CCCC(=O)O.CNC.[NaH].[NaH]. The van der Waals surface area contributed by atoms with Crippen LogP contribution in [0.1, 0.15) is 39.5 Å². The number of nitrogens with one attached hydrogen (secondary N) is 1. The Morgan fingerprint density at radius 1 is 0.882 bits per heavy atom. The Labute approximate surface area is 148 Å². The van der Waals surface area contributed by atoms with Crippen LogP contribution in [0.5, 0.6) is 0 Å². The van der Waals surface area contributed by atoms with Crippen molar-refractivity contribution >= 4 is 71.1 Å². The van der Waals surface area contributed by atoms with E-state index in [-0.39, 0.29) is 59.1 Å². The molecule has 0 aliphatic carbocycles. The summed E-state index contributed by atoms with van der Waals surface area (Å²) in [4.78, 5) is 19.2. The van der Waals surface area contributed by atoms with Gasteiger partial charge in [-0.05, 0) is 26.9 Å². The minimum absolute atomic E-state index is 0. The van der Waals surface area contributed by atoms with Crippen LogP contribution in [0.2, 0.25) is 0 Å². The molecule has 0 spiro atoms. The van der Waals surface area contributed by atoms with Gasteiger partial charge in [0.1, 0.15) is 0 Å². The first kappa shape index (κ1) is 30.7. The van der Waals surface area contributed by atoms with Gasteiger partial charge in [0.25, 0.3) is 0 Å². The van der Waals surface area contributed by atoms with E-state index in [0.29, 0.717) is 12.8 Å². The summed E-state index contributed by atoms with van der Waals surface area (Å²) in [6.07, 6.45) is 2.05. The minimum atomic E-state index is -0.711. The molecule has 0 fully saturated rings. The number of hydrogen-bond acceptors (Lipinski definition) is 3. The van der Waals surface area contributed by atoms with Crippen molar-refractivity contribution in [2.75, 3.05) is 14.1 Å². The summed E-state index contributed by atoms with van der Waals surface area (Å²) in [7, 11) is 3.75. The molecule has 0 rings (SSSR count). The molecule has 0 bridgehead atoms. The van der Waals surface area contributed by atoms with Crippen molar-refractivity contribution in [3.63, 3.8) is 0 Å². The Morgan fingerprint density at radius 2 is 1.06 bits per heavy atom. The van der Waals surface area contributed by atoms with Gasteiger partial charge in [0.05, 0.1) is 0 Å². The molecule has 17 heavy (non-hydrogen) atoms. The van der Waals surface area contributed by atoms with Gasteiger partial charge in [0.15, 0.2) is 0 Å². The molecule has 0 amide bonds. The number of rotatable bonds is 4. The van der Waals surface area contributed by atoms with Gasteiger partial charge < -0.3 is 15.5 Å². The molecule has 0 aromatic heterocycles. The molecule has 0 saturated heterocycles. The van der Waals surface area contributed by atoms with Crippen molar-refractivity contribution in [2.45, 2.75) is 39.5 Å². The first-order chi connectivity index (χ1) is 6.95. The standard InChI is InChI=1S/2C4H8O2.C2H7N.2Na.2H/c2*1-2-3-4(5)6;1-3-2;;;;/h2*2-3H2,1H3,(H,5,6);3H,1-2H3;;;;. The summed E-state index contributed by atoms with van der Waals surface area (Å²) >= 11 is 0. The Balaban J connectivity index is -0.0000000421. The van der Waals surface area contributed by atoms with Gasteiger partial charge in [-0.25, -0.2) is 0 Å². The predicted molar refractivity (Wildman–Crippen MR) is 74.4 cm³/mol. The molecule has 3 N–H and O–H groups in total. The Bertz CT molecular complexity index is 141. The van der Waals surface area contributed by atoms with Crippen molar-refractivity contribution in [1.82, 2.24) is 5.32 Å². The summed E-state index contributed by atoms with van der Waals surface area (Å²) in [5, 5.41) is 18.6. The van der Waals surface area contributed by atoms with Gasteiger partial charge in [-0.2, -0.15) is 0 Å². The predicted octanol–water partition coefficient (Wildman–Crippen LogP) is 0.281. The fourth-order valence-electron chi connectivity index (χ4n) is 0.428. The number of carboxylic acids is 2. The van der Waals surface area contributed by atoms with Crippen LogP contribution < -0.4 is 5.32 Å². The van der Waals surface area contributed by atoms with Gasteiger partial charge in [-0.15, -0.1) is 0 Å². The van der Waals surface area contributed by atoms with Gasteiger partial charge in [0.2, 0.25) is 0 Å². The molecule has 0 unspecified atom stereocenters. The third-order valence-electron chi connectivity index (χ3n) is 0.928. The summed E-state index contributed by atoms with van der Waals surface area (Å²) in [6.45, 7) is 3.68. The van der Waals surface area contributed by atoms with Crippen LogP contribution in [0.3, 0.4) is 0 Å². The average molecular weight is 269 g/mol. The van der Waals surface area contributed by atoms with Crippen molar-refractivity contribution in [2.24, 2.45) is 0 Å². The molecule has 0 aromatic rings. The second kappa shape index (κ2) is 30.2. The second-order valence-electron chi connectivity index (χ2n) is 2.79. The third-order valence-corrected chi connectivity index (χ3v) is 0.928. The van der Waals surface area contributed by atoms with Crippen LogP contribution in [0.4, 0.5) is 0 Å². The first-order valence-electron chi connectivity index (χ1n) is 4.98. The Morgan fingerprint density at radius 3 is 1.06 bits per heavy atom. The second-order valence-corrected chi connectivity index (χ2v) is 2.79. The molecule has 0 aliphatic heterocycles. The summed E-state index contributed by atoms with van der Waals surface area (Å²) in [6, 6.07) is 0. The van der Waals surface area contributed by atoms with E-state index < -0.39 is 11.9 Å². The van der Waals surface area contributed by atoms with Gasteiger partial charge in [-0.1, -0.05) is 13.8 Å². The van der Waals surface area contributed by atoms with Crippen LogP contribution >= 0.6 is 0 Å². The zero-order chi connectivity index (χ0) is 12.7. The Hall–Kier alpha value is 0.900. The fraction of sp³-hybridized carbons (Fsp3) is 0.800. The normalized spacial score (nSPS) is 6.82. The topological polar surface area (TPSA) is 86.6 Å². The van der Waals surface area contributed by atoms with E-state index in [2.05, 4.69) is 5.32 Å². The first-order valence-corrected chi connectivity index (χ1v) is 4.98. The van der Waals surface area contributed by atoms with Crippen molar-refractivity contribution in [3.05, 3.63) is 0 Å². The average Bonchev–Trinajstić information content (AvgIpc) is 2.05. The van der Waals surface area contributed by atoms with Crippen LogP contribution in [-0.4, -0.2) is 95.4 Å². The van der Waals surface area contributed by atoms with Crippen LogP contribution in [0.25, 0.3) is 0 Å². The van der Waals surface area contributed by atoms with E-state index in [9.17, 15) is 9.59 Å². The number of hydrogen-bond donors (Lipinski definition) is 3. The van der Waals surface area contributed by atoms with Gasteiger partial charge in [-0.3, -0.25) is 9.59 Å². The Kier molecular flexibility index (Phi) is 54.5. The van der Waals surface area contributed by atoms with Crippen molar-refractivity contribution in [1.29, 1.82) is 0 Å². The molecule has 7 heteroatoms. The fourth-order valence-corrected chi connectivity index (χ4v) is 0.428. The van der Waals surface area contributed by atoms with Crippen LogP contribution in [0.15, 0.2) is 0 Å². The summed E-state index contributed by atoms with van der Waals surface area (Å²) in [5.41, 5.74) is 0. The molecule has 0 aromatic carbocycles. The monoisotopic (exact) mass is 269 g/mol. The molecule has 0 heterocycles. The molecular formula is C10H25NNa2O4. The third kappa shape index (κ3) is 78.8. The van der Waals surface area contributed by atoms with Crippen LogP contribution in [0, 0.1) is 0 Å². The van der Waals surface area contributed by atoms with Crippen molar-refractivity contribution < 1.29 is 19.8 Å². The van der Waals surface area contributed by atoms with E-state index in [4.69, 9.17) is 10.2 Å². The molecule has 0 saturated carbocycles. The van der Waals surface area contributed by atoms with Crippen molar-refractivity contribution in [3.8, 4) is 0 Å². The molecule has 5 nitrogen and oxygen atoms in total. The number of carbonyl (C=O) groups is 2. The van der Waals surface area contributed by atoms with E-state index in [1.54, 1.807) is 0 Å². The van der Waals surface area contributed by atoms with Gasteiger partial charge in [0, 0.05) is 12.8 Å². The quantitative estimate of drug-likeness (QED) is 0.638. The summed E-state index contributed by atoms with van der Waals surface area (Å²) in [5.74, 6) is -1.42. The van der Waals surface area contributed by atoms with E-state index in [1.165, 1.54) is 0 Å². The zero-order valence-electron chi connectivity index (χ0n) is 10.0. The molecule has 0 atom stereocenters. The molecule has 0 radical (unpaired) electrons. The molecular weight excluding hydrogens is 244 g/mol. The van der Waals surface area contributed by atoms with Gasteiger partial charge >= 0.3 is 71.1 Å². The van der Waals surface area contributed by atoms with E-state index >= 15 is 0 Å². The van der Waals surface area contributed by atoms with Crippen LogP contribution in [-0.2, 0) is 9.59 Å². The number of carboxylic acid groups (broad SMARTS) is 2. The number of aliphatic carboxylic acids is 2. The zero-order valence-corrected chi connectivity index (χ0v) is 10.0. The molecule has 0 aliphatic rings. The van der Waals surface area contributed by atoms with E-state index in [0.717, 1.165) is 12.8 Å². The van der Waals surface area contributed by atoms with E-state index in [1.807, 2.05) is 27.9 Å².